The number of fused-ring (bicyclic) bond motifs is 1. The highest BCUT2D eigenvalue weighted by Crippen LogP contribution is 2.25. The van der Waals surface area contributed by atoms with Gasteiger partial charge in [0.05, 0.1) is 13.2 Å². The van der Waals surface area contributed by atoms with Crippen LogP contribution in [0.4, 0.5) is 0 Å². The number of rotatable bonds is 16. The molecule has 2 amide bonds. The molecule has 9 heteroatoms. The molecule has 0 aliphatic rings. The zero-order valence-corrected chi connectivity index (χ0v) is 24.4. The lowest BCUT2D eigenvalue weighted by Gasteiger charge is -2.25. The van der Waals surface area contributed by atoms with Gasteiger partial charge in [-0.05, 0) is 72.7 Å². The summed E-state index contributed by atoms with van der Waals surface area (Å²) in [6.07, 6.45) is 4.91. The Morgan fingerprint density at radius 1 is 1.00 bits per heavy atom. The van der Waals surface area contributed by atoms with E-state index in [-0.39, 0.29) is 23.8 Å². The third-order valence-corrected chi connectivity index (χ3v) is 7.64. The van der Waals surface area contributed by atoms with Crippen molar-refractivity contribution in [3.63, 3.8) is 0 Å². The van der Waals surface area contributed by atoms with Crippen LogP contribution >= 0.6 is 0 Å². The SMILES string of the molecule is C=C(NCCc1ccc(O)c(O)c1)[C@H](Cc1c[nH]c2ccccc12)NC(=O)[C@H](CCCc1ccc(OC)cc1)CC(N)=O. The summed E-state index contributed by atoms with van der Waals surface area (Å²) in [5.41, 5.74) is 10.2. The number of H-pyrrole nitrogens is 1. The summed E-state index contributed by atoms with van der Waals surface area (Å²) < 4.78 is 5.22. The molecule has 0 aliphatic carbocycles. The Balaban J connectivity index is 1.44. The number of carbonyl (C=O) groups excluding carboxylic acids is 2. The number of nitrogens with one attached hydrogen (secondary N) is 3. The molecule has 4 rings (SSSR count). The summed E-state index contributed by atoms with van der Waals surface area (Å²) in [7, 11) is 1.62. The number of phenolic OH excluding ortho intramolecular Hbond substituents is 2. The third-order valence-electron chi connectivity index (χ3n) is 7.64. The van der Waals surface area contributed by atoms with Crippen LogP contribution in [0.1, 0.15) is 36.0 Å². The molecule has 2 atom stereocenters. The fraction of sp³-hybridized carbons (Fsp3) is 0.294. The standard InChI is InChI=1S/C34H40N4O5/c1-22(36-17-16-24-12-15-31(39)32(40)18-24)30(19-26-21-37-29-9-4-3-8-28(26)29)38-34(42)25(20-33(35)41)7-5-6-23-10-13-27(43-2)14-11-23/h3-4,8-15,18,21,25,30,36-37,39-40H,1,5-7,16-17,19-20H2,2H3,(H2,35,41)(H,38,42)/t25-,30+/m1/s1. The summed E-state index contributed by atoms with van der Waals surface area (Å²) in [5.74, 6) is -0.901. The van der Waals surface area contributed by atoms with Gasteiger partial charge in [-0.3, -0.25) is 9.59 Å². The normalized spacial score (nSPS) is 12.4. The number of aryl methyl sites for hydroxylation is 1. The first-order valence-electron chi connectivity index (χ1n) is 14.4. The van der Waals surface area contributed by atoms with Gasteiger partial charge in [0.1, 0.15) is 5.75 Å². The molecule has 3 aromatic carbocycles. The van der Waals surface area contributed by atoms with E-state index in [2.05, 4.69) is 22.2 Å². The van der Waals surface area contributed by atoms with Crippen LogP contribution in [0.2, 0.25) is 0 Å². The van der Waals surface area contributed by atoms with Gasteiger partial charge in [0.2, 0.25) is 11.8 Å². The molecule has 4 aromatic rings. The lowest BCUT2D eigenvalue weighted by atomic mass is 9.94. The van der Waals surface area contributed by atoms with Crippen molar-refractivity contribution in [2.24, 2.45) is 11.7 Å². The predicted molar refractivity (Wildman–Crippen MR) is 168 cm³/mol. The number of primary amides is 1. The maximum Gasteiger partial charge on any atom is 0.224 e. The van der Waals surface area contributed by atoms with Crippen LogP contribution in [0.5, 0.6) is 17.2 Å². The van der Waals surface area contributed by atoms with Crippen LogP contribution in [0.15, 0.2) is 85.2 Å². The first-order valence-corrected chi connectivity index (χ1v) is 14.4. The van der Waals surface area contributed by atoms with E-state index in [0.29, 0.717) is 37.9 Å². The largest absolute Gasteiger partial charge is 0.504 e. The van der Waals surface area contributed by atoms with Gasteiger partial charge in [0.15, 0.2) is 11.5 Å². The number of para-hydroxylation sites is 1. The molecule has 0 saturated carbocycles. The number of carbonyl (C=O) groups is 2. The van der Waals surface area contributed by atoms with E-state index >= 15 is 0 Å². The molecule has 0 aliphatic heterocycles. The Hall–Kier alpha value is -4.92. The Kier molecular flexibility index (Phi) is 10.7. The van der Waals surface area contributed by atoms with Gasteiger partial charge >= 0.3 is 0 Å². The number of hydrogen-bond acceptors (Lipinski definition) is 6. The molecule has 0 bridgehead atoms. The number of methoxy groups -OCH3 is 1. The van der Waals surface area contributed by atoms with Gasteiger partial charge < -0.3 is 36.3 Å². The van der Waals surface area contributed by atoms with Gasteiger partial charge in [-0.15, -0.1) is 0 Å². The molecule has 0 fully saturated rings. The number of aromatic amines is 1. The third kappa shape index (κ3) is 8.78. The van der Waals surface area contributed by atoms with Crippen LogP contribution in [-0.2, 0) is 28.9 Å². The summed E-state index contributed by atoms with van der Waals surface area (Å²) in [6, 6.07) is 20.0. The molecule has 0 radical (unpaired) electrons. The monoisotopic (exact) mass is 584 g/mol. The highest BCUT2D eigenvalue weighted by Gasteiger charge is 2.25. The van der Waals surface area contributed by atoms with E-state index in [4.69, 9.17) is 10.5 Å². The van der Waals surface area contributed by atoms with Gasteiger partial charge in [0, 0.05) is 48.1 Å². The minimum Gasteiger partial charge on any atom is -0.504 e. The smallest absolute Gasteiger partial charge is 0.224 e. The molecule has 1 aromatic heterocycles. The van der Waals surface area contributed by atoms with Gasteiger partial charge in [-0.25, -0.2) is 0 Å². The average Bonchev–Trinajstić information content (AvgIpc) is 3.40. The quantitative estimate of drug-likeness (QED) is 0.107. The molecule has 0 spiro atoms. The molecule has 1 heterocycles. The Labute approximate surface area is 251 Å². The molecular formula is C34H40N4O5. The lowest BCUT2D eigenvalue weighted by Crippen LogP contribution is -2.45. The number of nitrogens with two attached hydrogens (primary N) is 1. The van der Waals surface area contributed by atoms with Crippen molar-refractivity contribution in [3.8, 4) is 17.2 Å². The summed E-state index contributed by atoms with van der Waals surface area (Å²) in [5, 5.41) is 26.9. The molecular weight excluding hydrogens is 544 g/mol. The van der Waals surface area contributed by atoms with E-state index in [9.17, 15) is 19.8 Å². The van der Waals surface area contributed by atoms with Crippen LogP contribution in [-0.4, -0.2) is 46.7 Å². The van der Waals surface area contributed by atoms with Crippen LogP contribution < -0.4 is 21.1 Å². The second-order valence-electron chi connectivity index (χ2n) is 10.8. The van der Waals surface area contributed by atoms with E-state index in [1.807, 2.05) is 54.7 Å². The van der Waals surface area contributed by atoms with Crippen molar-refractivity contribution in [1.82, 2.24) is 15.6 Å². The fourth-order valence-electron chi connectivity index (χ4n) is 5.20. The highest BCUT2D eigenvalue weighted by atomic mass is 16.5. The number of hydrogen-bond donors (Lipinski definition) is 6. The van der Waals surface area contributed by atoms with Crippen LogP contribution in [0.3, 0.4) is 0 Å². The fourth-order valence-corrected chi connectivity index (χ4v) is 5.20. The first kappa shape index (κ1) is 31.0. The minimum absolute atomic E-state index is 0.0432. The molecule has 9 nitrogen and oxygen atoms in total. The maximum atomic E-state index is 13.6. The second kappa shape index (κ2) is 14.8. The first-order chi connectivity index (χ1) is 20.7. The summed E-state index contributed by atoms with van der Waals surface area (Å²) in [4.78, 5) is 28.8. The van der Waals surface area contributed by atoms with Crippen molar-refractivity contribution in [1.29, 1.82) is 0 Å². The van der Waals surface area contributed by atoms with Crippen molar-refractivity contribution < 1.29 is 24.5 Å². The number of phenols is 2. The van der Waals surface area contributed by atoms with E-state index in [1.54, 1.807) is 13.2 Å². The van der Waals surface area contributed by atoms with Gasteiger partial charge in [-0.2, -0.15) is 0 Å². The summed E-state index contributed by atoms with van der Waals surface area (Å²) in [6.45, 7) is 4.74. The topological polar surface area (TPSA) is 150 Å². The van der Waals surface area contributed by atoms with Crippen molar-refractivity contribution in [2.45, 2.75) is 44.6 Å². The van der Waals surface area contributed by atoms with Gasteiger partial charge in [-0.1, -0.05) is 43.0 Å². The number of benzene rings is 3. The number of aromatic hydroxyl groups is 2. The van der Waals surface area contributed by atoms with E-state index in [1.165, 1.54) is 12.1 Å². The molecule has 0 unspecified atom stereocenters. The molecule has 7 N–H and O–H groups in total. The second-order valence-corrected chi connectivity index (χ2v) is 10.8. The van der Waals surface area contributed by atoms with Crippen LogP contribution in [0, 0.1) is 5.92 Å². The minimum atomic E-state index is -0.575. The van der Waals surface area contributed by atoms with Crippen molar-refractivity contribution >= 4 is 22.7 Å². The highest BCUT2D eigenvalue weighted by molar-refractivity contribution is 5.86. The molecule has 0 saturated heterocycles. The summed E-state index contributed by atoms with van der Waals surface area (Å²) >= 11 is 0. The van der Waals surface area contributed by atoms with Crippen LogP contribution in [0.25, 0.3) is 10.9 Å². The Morgan fingerprint density at radius 3 is 2.47 bits per heavy atom. The Morgan fingerprint density at radius 2 is 1.74 bits per heavy atom. The zero-order valence-electron chi connectivity index (χ0n) is 24.4. The number of amides is 2. The Bertz CT molecular complexity index is 1550. The molecule has 43 heavy (non-hydrogen) atoms. The van der Waals surface area contributed by atoms with Crippen molar-refractivity contribution in [2.75, 3.05) is 13.7 Å². The maximum absolute atomic E-state index is 13.6. The molecule has 226 valence electrons. The van der Waals surface area contributed by atoms with Gasteiger partial charge in [0.25, 0.3) is 0 Å². The lowest BCUT2D eigenvalue weighted by molar-refractivity contribution is -0.129. The van der Waals surface area contributed by atoms with Crippen molar-refractivity contribution in [3.05, 3.63) is 102 Å². The predicted octanol–water partition coefficient (Wildman–Crippen LogP) is 4.48. The van der Waals surface area contributed by atoms with E-state index < -0.39 is 17.9 Å². The van der Waals surface area contributed by atoms with E-state index in [0.717, 1.165) is 39.8 Å². The average molecular weight is 585 g/mol. The number of aromatic nitrogens is 1. The zero-order chi connectivity index (χ0) is 30.8. The number of ether oxygens (including phenoxy) is 1.